The van der Waals surface area contributed by atoms with Crippen molar-refractivity contribution in [3.05, 3.63) is 63.3 Å². The maximum absolute atomic E-state index is 12.9. The van der Waals surface area contributed by atoms with E-state index in [-0.39, 0.29) is 16.4 Å². The first kappa shape index (κ1) is 18.3. The lowest BCUT2D eigenvalue weighted by Gasteiger charge is -2.18. The second kappa shape index (κ2) is 7.02. The fourth-order valence-corrected chi connectivity index (χ4v) is 3.05. The van der Waals surface area contributed by atoms with Crippen molar-refractivity contribution in [2.24, 2.45) is 0 Å². The molecule has 5 nitrogen and oxygen atoms in total. The number of carbonyl (C=O) groups excluding carboxylic acids is 2. The summed E-state index contributed by atoms with van der Waals surface area (Å²) in [6.45, 7) is 3.83. The number of ether oxygens (including phenoxy) is 1. The molecule has 1 N–H and O–H groups in total. The zero-order valence-electron chi connectivity index (χ0n) is 14.4. The molecular weight excluding hydrogens is 375 g/mol. The van der Waals surface area contributed by atoms with Crippen molar-refractivity contribution in [2.75, 3.05) is 17.3 Å². The highest BCUT2D eigenvalue weighted by Gasteiger charge is 2.40. The van der Waals surface area contributed by atoms with Gasteiger partial charge >= 0.3 is 0 Å². The second-order valence-corrected chi connectivity index (χ2v) is 6.71. The van der Waals surface area contributed by atoms with Crippen LogP contribution in [0.3, 0.4) is 0 Å². The Balaban J connectivity index is 2.01. The first-order valence-corrected chi connectivity index (χ1v) is 8.55. The van der Waals surface area contributed by atoms with Gasteiger partial charge in [-0.15, -0.1) is 0 Å². The van der Waals surface area contributed by atoms with E-state index in [1.54, 1.807) is 12.1 Å². The fourth-order valence-electron chi connectivity index (χ4n) is 2.67. The molecule has 3 rings (SSSR count). The van der Waals surface area contributed by atoms with E-state index in [0.29, 0.717) is 16.5 Å². The number of rotatable bonds is 4. The molecule has 2 aromatic rings. The fraction of sp³-hybridized carbons (Fsp3) is 0.158. The van der Waals surface area contributed by atoms with Gasteiger partial charge < -0.3 is 10.1 Å². The van der Waals surface area contributed by atoms with Crippen molar-refractivity contribution < 1.29 is 14.3 Å². The summed E-state index contributed by atoms with van der Waals surface area (Å²) in [4.78, 5) is 26.5. The Bertz CT molecular complexity index is 954. The monoisotopic (exact) mass is 390 g/mol. The molecule has 26 heavy (non-hydrogen) atoms. The highest BCUT2D eigenvalue weighted by Crippen LogP contribution is 2.37. The van der Waals surface area contributed by atoms with Gasteiger partial charge in [-0.1, -0.05) is 35.3 Å². The summed E-state index contributed by atoms with van der Waals surface area (Å²) in [6.07, 6.45) is 0. The summed E-state index contributed by atoms with van der Waals surface area (Å²) in [5.41, 5.74) is 2.91. The lowest BCUT2D eigenvalue weighted by atomic mass is 10.1. The van der Waals surface area contributed by atoms with Gasteiger partial charge in [0.2, 0.25) is 0 Å². The molecule has 1 aliphatic heterocycles. The van der Waals surface area contributed by atoms with Crippen LogP contribution in [-0.4, -0.2) is 18.9 Å². The minimum Gasteiger partial charge on any atom is -0.495 e. The van der Waals surface area contributed by atoms with Crippen LogP contribution >= 0.6 is 23.2 Å². The van der Waals surface area contributed by atoms with Crippen LogP contribution in [0.15, 0.2) is 47.1 Å². The van der Waals surface area contributed by atoms with Crippen molar-refractivity contribution in [1.82, 2.24) is 0 Å². The van der Waals surface area contributed by atoms with Gasteiger partial charge in [0.1, 0.15) is 16.5 Å². The van der Waals surface area contributed by atoms with Gasteiger partial charge in [-0.05, 0) is 49.2 Å². The van der Waals surface area contributed by atoms with Gasteiger partial charge in [0.05, 0.1) is 12.8 Å². The van der Waals surface area contributed by atoms with Gasteiger partial charge in [-0.3, -0.25) is 9.59 Å². The molecule has 0 saturated heterocycles. The Morgan fingerprint density at radius 1 is 1.00 bits per heavy atom. The van der Waals surface area contributed by atoms with Crippen LogP contribution in [-0.2, 0) is 9.59 Å². The normalized spacial score (nSPS) is 14.3. The summed E-state index contributed by atoms with van der Waals surface area (Å²) in [7, 11) is 1.45. The Morgan fingerprint density at radius 3 is 2.42 bits per heavy atom. The first-order valence-electron chi connectivity index (χ1n) is 7.80. The average Bonchev–Trinajstić information content (AvgIpc) is 2.81. The lowest BCUT2D eigenvalue weighted by Crippen LogP contribution is -2.32. The van der Waals surface area contributed by atoms with E-state index >= 15 is 0 Å². The SMILES string of the molecule is COc1ccc(Cl)cc1N1C(=O)C(Cl)=C(Nc2cc(C)ccc2C)C1=O. The van der Waals surface area contributed by atoms with Crippen LogP contribution in [0.2, 0.25) is 5.02 Å². The van der Waals surface area contributed by atoms with Gasteiger partial charge in [0.25, 0.3) is 11.8 Å². The number of hydrogen-bond acceptors (Lipinski definition) is 4. The van der Waals surface area contributed by atoms with E-state index in [4.69, 9.17) is 27.9 Å². The number of carbonyl (C=O) groups is 2. The number of benzene rings is 2. The lowest BCUT2D eigenvalue weighted by molar-refractivity contribution is -0.120. The van der Waals surface area contributed by atoms with Crippen molar-refractivity contribution in [1.29, 1.82) is 0 Å². The standard InChI is InChI=1S/C19H16Cl2N2O3/c1-10-4-5-11(2)13(8-10)22-17-16(21)18(24)23(19(17)25)14-9-12(20)6-7-15(14)26-3/h4-9,22H,1-3H3. The van der Waals surface area contributed by atoms with Crippen LogP contribution in [0.5, 0.6) is 5.75 Å². The summed E-state index contributed by atoms with van der Waals surface area (Å²) in [5, 5.41) is 3.18. The molecular formula is C19H16Cl2N2O3. The predicted molar refractivity (Wildman–Crippen MR) is 103 cm³/mol. The molecule has 0 unspecified atom stereocenters. The quantitative estimate of drug-likeness (QED) is 0.785. The Labute approximate surface area is 161 Å². The van der Waals surface area contributed by atoms with Gasteiger partial charge in [0.15, 0.2) is 0 Å². The van der Waals surface area contributed by atoms with Crippen LogP contribution in [0.25, 0.3) is 0 Å². The second-order valence-electron chi connectivity index (χ2n) is 5.89. The summed E-state index contributed by atoms with van der Waals surface area (Å²) in [6, 6.07) is 10.4. The number of methoxy groups -OCH3 is 1. The maximum atomic E-state index is 12.9. The number of aryl methyl sites for hydroxylation is 2. The van der Waals surface area contributed by atoms with E-state index < -0.39 is 11.8 Å². The zero-order valence-corrected chi connectivity index (χ0v) is 15.9. The molecule has 2 amide bonds. The molecule has 134 valence electrons. The molecule has 0 bridgehead atoms. The van der Waals surface area contributed by atoms with Crippen LogP contribution in [0.1, 0.15) is 11.1 Å². The third-order valence-corrected chi connectivity index (χ3v) is 4.65. The summed E-state index contributed by atoms with van der Waals surface area (Å²) < 4.78 is 5.25. The largest absolute Gasteiger partial charge is 0.495 e. The maximum Gasteiger partial charge on any atom is 0.283 e. The number of anilines is 2. The van der Waals surface area contributed by atoms with Gasteiger partial charge in [-0.25, -0.2) is 4.90 Å². The smallest absolute Gasteiger partial charge is 0.283 e. The molecule has 0 radical (unpaired) electrons. The van der Waals surface area contributed by atoms with Crippen molar-refractivity contribution in [3.63, 3.8) is 0 Å². The topological polar surface area (TPSA) is 58.6 Å². The predicted octanol–water partition coefficient (Wildman–Crippen LogP) is 4.40. The van der Waals surface area contributed by atoms with Crippen molar-refractivity contribution >= 4 is 46.4 Å². The molecule has 0 saturated carbocycles. The number of nitrogens with one attached hydrogen (secondary N) is 1. The highest BCUT2D eigenvalue weighted by molar-refractivity contribution is 6.53. The minimum absolute atomic E-state index is 0.0207. The molecule has 2 aromatic carbocycles. The summed E-state index contributed by atoms with van der Waals surface area (Å²) >= 11 is 12.2. The van der Waals surface area contributed by atoms with E-state index in [0.717, 1.165) is 16.0 Å². The molecule has 0 atom stereocenters. The van der Waals surface area contributed by atoms with Crippen molar-refractivity contribution in [3.8, 4) is 5.75 Å². The zero-order chi connectivity index (χ0) is 19.0. The Morgan fingerprint density at radius 2 is 1.73 bits per heavy atom. The van der Waals surface area contributed by atoms with Crippen LogP contribution < -0.4 is 15.0 Å². The number of hydrogen-bond donors (Lipinski definition) is 1. The van der Waals surface area contributed by atoms with Crippen molar-refractivity contribution in [2.45, 2.75) is 13.8 Å². The highest BCUT2D eigenvalue weighted by atomic mass is 35.5. The van der Waals surface area contributed by atoms with Gasteiger partial charge in [-0.2, -0.15) is 0 Å². The van der Waals surface area contributed by atoms with E-state index in [9.17, 15) is 9.59 Å². The van der Waals surface area contributed by atoms with Crippen LogP contribution in [0, 0.1) is 13.8 Å². The Kier molecular flexibility index (Phi) is 4.94. The van der Waals surface area contributed by atoms with E-state index in [1.807, 2.05) is 32.0 Å². The van der Waals surface area contributed by atoms with Crippen LogP contribution in [0.4, 0.5) is 11.4 Å². The Hall–Kier alpha value is -2.50. The molecule has 0 fully saturated rings. The molecule has 7 heteroatoms. The molecule has 1 heterocycles. The van der Waals surface area contributed by atoms with E-state index in [1.165, 1.54) is 13.2 Å². The summed E-state index contributed by atoms with van der Waals surface area (Å²) in [5.74, 6) is -0.861. The molecule has 0 spiro atoms. The number of nitrogens with zero attached hydrogens (tertiary/aromatic N) is 1. The third-order valence-electron chi connectivity index (χ3n) is 4.06. The minimum atomic E-state index is -0.634. The number of amides is 2. The van der Waals surface area contributed by atoms with E-state index in [2.05, 4.69) is 5.32 Å². The first-order chi connectivity index (χ1) is 12.3. The third kappa shape index (κ3) is 3.16. The van der Waals surface area contributed by atoms with Gasteiger partial charge in [0, 0.05) is 10.7 Å². The molecule has 1 aliphatic rings. The molecule has 0 aliphatic carbocycles. The average molecular weight is 391 g/mol. The molecule has 0 aromatic heterocycles. The number of halogens is 2. The number of imide groups is 1.